The fraction of sp³-hybridized carbons (Fsp3) is 0.600. The van der Waals surface area contributed by atoms with Gasteiger partial charge < -0.3 is 10.5 Å². The predicted molar refractivity (Wildman–Crippen MR) is 64.8 cm³/mol. The minimum Gasteiger partial charge on any atom is -0.364 e. The van der Waals surface area contributed by atoms with E-state index in [2.05, 4.69) is 24.7 Å². The molecule has 0 aliphatic carbocycles. The molecule has 1 amide bonds. The SMILES string of the molecule is C[Si](C)(C)CCOCn1nccc1C(N)=O. The first-order chi connectivity index (χ1) is 7.40. The van der Waals surface area contributed by atoms with Crippen LogP contribution in [0.1, 0.15) is 10.5 Å². The van der Waals surface area contributed by atoms with Crippen molar-refractivity contribution < 1.29 is 9.53 Å². The van der Waals surface area contributed by atoms with Crippen molar-refractivity contribution in [3.05, 3.63) is 18.0 Å². The first-order valence-corrected chi connectivity index (χ1v) is 9.00. The second-order valence-corrected chi connectivity index (χ2v) is 10.5. The lowest BCUT2D eigenvalue weighted by atomic mass is 10.4. The lowest BCUT2D eigenvalue weighted by Gasteiger charge is -2.15. The smallest absolute Gasteiger partial charge is 0.267 e. The van der Waals surface area contributed by atoms with Gasteiger partial charge in [-0.2, -0.15) is 5.10 Å². The van der Waals surface area contributed by atoms with E-state index in [4.69, 9.17) is 10.5 Å². The molecule has 1 rings (SSSR count). The van der Waals surface area contributed by atoms with Crippen LogP contribution in [0.3, 0.4) is 0 Å². The molecular formula is C10H19N3O2Si. The summed E-state index contributed by atoms with van der Waals surface area (Å²) in [6.45, 7) is 7.86. The third-order valence-electron chi connectivity index (χ3n) is 2.18. The van der Waals surface area contributed by atoms with E-state index in [1.807, 2.05) is 0 Å². The van der Waals surface area contributed by atoms with E-state index in [1.165, 1.54) is 4.68 Å². The van der Waals surface area contributed by atoms with Crippen molar-refractivity contribution in [1.82, 2.24) is 9.78 Å². The Balaban J connectivity index is 2.38. The Morgan fingerprint density at radius 2 is 2.25 bits per heavy atom. The Hall–Kier alpha value is -1.14. The summed E-state index contributed by atoms with van der Waals surface area (Å²) in [5, 5.41) is 3.97. The Bertz CT molecular complexity index is 357. The van der Waals surface area contributed by atoms with Gasteiger partial charge in [-0.15, -0.1) is 0 Å². The van der Waals surface area contributed by atoms with Gasteiger partial charge in [-0.05, 0) is 12.1 Å². The number of hydrogen-bond donors (Lipinski definition) is 1. The molecule has 0 atom stereocenters. The van der Waals surface area contributed by atoms with Crippen molar-refractivity contribution in [3.8, 4) is 0 Å². The minimum absolute atomic E-state index is 0.287. The maximum absolute atomic E-state index is 11.0. The molecular weight excluding hydrogens is 222 g/mol. The van der Waals surface area contributed by atoms with Gasteiger partial charge in [0, 0.05) is 20.9 Å². The normalized spacial score (nSPS) is 11.7. The van der Waals surface area contributed by atoms with Crippen LogP contribution >= 0.6 is 0 Å². The van der Waals surface area contributed by atoms with Crippen LogP contribution in [0.2, 0.25) is 25.7 Å². The average Bonchev–Trinajstić information content (AvgIpc) is 2.58. The standard InChI is InChI=1S/C10H19N3O2Si/c1-16(2,3)7-6-15-8-13-9(10(11)14)4-5-12-13/h4-5H,6-8H2,1-3H3,(H2,11,14). The summed E-state index contributed by atoms with van der Waals surface area (Å²) in [5.41, 5.74) is 5.57. The second-order valence-electron chi connectivity index (χ2n) is 4.93. The molecule has 0 fully saturated rings. The summed E-state index contributed by atoms with van der Waals surface area (Å²) >= 11 is 0. The van der Waals surface area contributed by atoms with Gasteiger partial charge in [0.05, 0.1) is 0 Å². The Morgan fingerprint density at radius 3 is 2.81 bits per heavy atom. The van der Waals surface area contributed by atoms with E-state index in [-0.39, 0.29) is 6.73 Å². The van der Waals surface area contributed by atoms with E-state index < -0.39 is 14.0 Å². The Kier molecular flexibility index (Phi) is 4.25. The monoisotopic (exact) mass is 241 g/mol. The van der Waals surface area contributed by atoms with E-state index in [0.717, 1.165) is 6.04 Å². The molecule has 0 bridgehead atoms. The summed E-state index contributed by atoms with van der Waals surface area (Å²) in [7, 11) is -1.06. The lowest BCUT2D eigenvalue weighted by molar-refractivity contribution is 0.0732. The molecule has 0 spiro atoms. The number of hydrogen-bond acceptors (Lipinski definition) is 3. The highest BCUT2D eigenvalue weighted by molar-refractivity contribution is 6.76. The molecule has 0 aromatic carbocycles. The molecule has 16 heavy (non-hydrogen) atoms. The maximum atomic E-state index is 11.0. The fourth-order valence-corrected chi connectivity index (χ4v) is 1.93. The van der Waals surface area contributed by atoms with Crippen molar-refractivity contribution in [2.24, 2.45) is 5.73 Å². The summed E-state index contributed by atoms with van der Waals surface area (Å²) in [4.78, 5) is 11.0. The van der Waals surface area contributed by atoms with E-state index in [9.17, 15) is 4.79 Å². The van der Waals surface area contributed by atoms with Crippen LogP contribution in [0, 0.1) is 0 Å². The third kappa shape index (κ3) is 4.16. The largest absolute Gasteiger partial charge is 0.364 e. The molecule has 0 aliphatic rings. The molecule has 90 valence electrons. The highest BCUT2D eigenvalue weighted by Crippen LogP contribution is 2.08. The summed E-state index contributed by atoms with van der Waals surface area (Å²) in [6.07, 6.45) is 1.54. The summed E-state index contributed by atoms with van der Waals surface area (Å²) in [6, 6.07) is 2.68. The van der Waals surface area contributed by atoms with Gasteiger partial charge in [0.25, 0.3) is 5.91 Å². The molecule has 0 radical (unpaired) electrons. The molecule has 5 nitrogen and oxygen atoms in total. The zero-order valence-corrected chi connectivity index (χ0v) is 11.1. The topological polar surface area (TPSA) is 70.1 Å². The van der Waals surface area contributed by atoms with Gasteiger partial charge in [0.1, 0.15) is 12.4 Å². The van der Waals surface area contributed by atoms with E-state index in [1.54, 1.807) is 12.3 Å². The van der Waals surface area contributed by atoms with Gasteiger partial charge in [-0.3, -0.25) is 4.79 Å². The first kappa shape index (κ1) is 12.9. The number of aromatic nitrogens is 2. The lowest BCUT2D eigenvalue weighted by Crippen LogP contribution is -2.23. The van der Waals surface area contributed by atoms with Gasteiger partial charge in [0.2, 0.25) is 0 Å². The van der Waals surface area contributed by atoms with Gasteiger partial charge in [-0.25, -0.2) is 4.68 Å². The number of nitrogens with two attached hydrogens (primary N) is 1. The molecule has 1 aromatic rings. The molecule has 0 saturated heterocycles. The molecule has 0 saturated carbocycles. The number of rotatable bonds is 6. The van der Waals surface area contributed by atoms with Crippen molar-refractivity contribution >= 4 is 14.0 Å². The fourth-order valence-electron chi connectivity index (χ4n) is 1.17. The molecule has 0 aliphatic heterocycles. The zero-order chi connectivity index (χ0) is 12.2. The van der Waals surface area contributed by atoms with Crippen LogP contribution in [0.4, 0.5) is 0 Å². The third-order valence-corrected chi connectivity index (χ3v) is 3.88. The average molecular weight is 241 g/mol. The maximum Gasteiger partial charge on any atom is 0.267 e. The van der Waals surface area contributed by atoms with Crippen LogP contribution in [0.25, 0.3) is 0 Å². The number of nitrogens with zero attached hydrogens (tertiary/aromatic N) is 2. The second kappa shape index (κ2) is 5.27. The van der Waals surface area contributed by atoms with Crippen molar-refractivity contribution in [2.45, 2.75) is 32.4 Å². The molecule has 1 heterocycles. The van der Waals surface area contributed by atoms with Gasteiger partial charge in [0.15, 0.2) is 0 Å². The van der Waals surface area contributed by atoms with Gasteiger partial charge in [-0.1, -0.05) is 19.6 Å². The highest BCUT2D eigenvalue weighted by atomic mass is 28.3. The van der Waals surface area contributed by atoms with Crippen LogP contribution in [0.5, 0.6) is 0 Å². The number of amides is 1. The van der Waals surface area contributed by atoms with Crippen LogP contribution in [0.15, 0.2) is 12.3 Å². The van der Waals surface area contributed by atoms with Crippen molar-refractivity contribution in [3.63, 3.8) is 0 Å². The Labute approximate surface area is 96.6 Å². The zero-order valence-electron chi connectivity index (χ0n) is 10.1. The highest BCUT2D eigenvalue weighted by Gasteiger charge is 2.12. The molecule has 6 heteroatoms. The van der Waals surface area contributed by atoms with Crippen LogP contribution in [-0.2, 0) is 11.5 Å². The minimum atomic E-state index is -1.06. The van der Waals surface area contributed by atoms with Crippen molar-refractivity contribution in [1.29, 1.82) is 0 Å². The quantitative estimate of drug-likeness (QED) is 0.602. The van der Waals surface area contributed by atoms with Crippen LogP contribution < -0.4 is 5.73 Å². The van der Waals surface area contributed by atoms with Crippen LogP contribution in [-0.4, -0.2) is 30.4 Å². The van der Waals surface area contributed by atoms with E-state index in [0.29, 0.717) is 12.3 Å². The summed E-state index contributed by atoms with van der Waals surface area (Å²) in [5.74, 6) is -0.480. The van der Waals surface area contributed by atoms with E-state index >= 15 is 0 Å². The molecule has 1 aromatic heterocycles. The van der Waals surface area contributed by atoms with Crippen molar-refractivity contribution in [2.75, 3.05) is 6.61 Å². The number of carbonyl (C=O) groups is 1. The molecule has 2 N–H and O–H groups in total. The predicted octanol–water partition coefficient (Wildman–Crippen LogP) is 1.29. The number of carbonyl (C=O) groups excluding carboxylic acids is 1. The number of ether oxygens (including phenoxy) is 1. The molecule has 0 unspecified atom stereocenters. The Morgan fingerprint density at radius 1 is 1.56 bits per heavy atom. The first-order valence-electron chi connectivity index (χ1n) is 5.29. The summed E-state index contributed by atoms with van der Waals surface area (Å²) < 4.78 is 6.95. The number of primary amides is 1. The van der Waals surface area contributed by atoms with Gasteiger partial charge >= 0.3 is 0 Å².